The number of ether oxygens (including phenoxy) is 2. The number of unbranched alkanes of at least 4 members (excludes halogenated alkanes) is 1. The molecule has 2 aromatic heterocycles. The fraction of sp³-hybridized carbons (Fsp3) is 0.278. The molecule has 1 fully saturated rings. The number of fused-ring (bicyclic) bond motifs is 1. The fourth-order valence-corrected chi connectivity index (χ4v) is 5.61. The molecule has 48 heavy (non-hydrogen) atoms. The number of amides is 2. The van der Waals surface area contributed by atoms with E-state index in [4.69, 9.17) is 9.47 Å². The van der Waals surface area contributed by atoms with Gasteiger partial charge in [-0.1, -0.05) is 18.2 Å². The van der Waals surface area contributed by atoms with E-state index in [1.807, 2.05) is 48.7 Å². The Kier molecular flexibility index (Phi) is 10.7. The van der Waals surface area contributed by atoms with Gasteiger partial charge in [0.25, 0.3) is 0 Å². The minimum Gasteiger partial charge on any atom is -0.493 e. The summed E-state index contributed by atoms with van der Waals surface area (Å²) in [4.78, 5) is 30.7. The van der Waals surface area contributed by atoms with Crippen LogP contribution < -0.4 is 30.3 Å². The predicted octanol–water partition coefficient (Wildman–Crippen LogP) is 6.41. The molecule has 0 unspecified atom stereocenters. The maximum atomic E-state index is 13.2. The number of urea groups is 1. The first-order valence-electron chi connectivity index (χ1n) is 16.0. The molecule has 0 radical (unpaired) electrons. The Morgan fingerprint density at radius 3 is 2.48 bits per heavy atom. The highest BCUT2D eigenvalue weighted by Crippen LogP contribution is 2.34. The lowest BCUT2D eigenvalue weighted by molar-refractivity contribution is 0.235. The molecule has 3 aromatic carbocycles. The first-order chi connectivity index (χ1) is 23.5. The van der Waals surface area contributed by atoms with Gasteiger partial charge in [-0.3, -0.25) is 4.90 Å². The van der Waals surface area contributed by atoms with Crippen LogP contribution in [0.5, 0.6) is 11.5 Å². The number of benzene rings is 3. The van der Waals surface area contributed by atoms with Crippen molar-refractivity contribution < 1.29 is 18.7 Å². The van der Waals surface area contributed by atoms with Crippen LogP contribution in [0.2, 0.25) is 0 Å². The lowest BCUT2D eigenvalue weighted by atomic mass is 10.1. The van der Waals surface area contributed by atoms with Crippen LogP contribution in [0.4, 0.5) is 32.2 Å². The van der Waals surface area contributed by atoms with Gasteiger partial charge in [0.2, 0.25) is 0 Å². The predicted molar refractivity (Wildman–Crippen MR) is 187 cm³/mol. The van der Waals surface area contributed by atoms with Crippen LogP contribution in [-0.2, 0) is 6.54 Å². The number of methoxy groups -OCH3 is 1. The zero-order chi connectivity index (χ0) is 33.1. The summed E-state index contributed by atoms with van der Waals surface area (Å²) < 4.78 is 25.0. The van der Waals surface area contributed by atoms with Crippen molar-refractivity contribution in [2.45, 2.75) is 19.4 Å². The molecule has 3 N–H and O–H groups in total. The summed E-state index contributed by atoms with van der Waals surface area (Å²) in [6.45, 7) is 6.09. The number of rotatable bonds is 13. The third kappa shape index (κ3) is 8.65. The van der Waals surface area contributed by atoms with Gasteiger partial charge >= 0.3 is 6.03 Å². The average Bonchev–Trinajstić information content (AvgIpc) is 3.12. The molecule has 1 saturated heterocycles. The van der Waals surface area contributed by atoms with Gasteiger partial charge < -0.3 is 30.3 Å². The number of carbonyl (C=O) groups excluding carboxylic acids is 1. The van der Waals surface area contributed by atoms with E-state index >= 15 is 0 Å². The Morgan fingerprint density at radius 1 is 0.854 bits per heavy atom. The summed E-state index contributed by atoms with van der Waals surface area (Å²) in [5.74, 6) is 2.60. The van der Waals surface area contributed by atoms with Gasteiger partial charge in [0.05, 0.1) is 19.2 Å². The Balaban J connectivity index is 1.00. The standard InChI is InChI=1S/C36H39FN8O3/c1-47-32-23-31-30(22-33(32)48-20-5-4-15-44-16-18-45(19-17-44)34-9-2-3-14-38-34)35(41-25-40-31)39-24-26-7-6-8-29(21-26)43-36(46)42-28-12-10-27(37)11-13-28/h2-3,6-14,21-23,25H,4-5,15-20,24H2,1H3,(H,39,40,41)(H2,42,43,46). The van der Waals surface area contributed by atoms with Crippen molar-refractivity contribution in [2.75, 3.05) is 67.3 Å². The second-order valence-corrected chi connectivity index (χ2v) is 11.5. The van der Waals surface area contributed by atoms with E-state index in [2.05, 4.69) is 46.8 Å². The van der Waals surface area contributed by atoms with Crippen LogP contribution >= 0.6 is 0 Å². The number of hydrogen-bond acceptors (Lipinski definition) is 9. The molecular formula is C36H39FN8O3. The molecule has 0 spiro atoms. The van der Waals surface area contributed by atoms with Crippen LogP contribution in [0.25, 0.3) is 10.9 Å². The van der Waals surface area contributed by atoms with Crippen molar-refractivity contribution >= 4 is 39.9 Å². The van der Waals surface area contributed by atoms with Crippen LogP contribution in [0.3, 0.4) is 0 Å². The van der Waals surface area contributed by atoms with Gasteiger partial charge in [-0.25, -0.2) is 24.1 Å². The molecule has 0 bridgehead atoms. The third-order valence-corrected chi connectivity index (χ3v) is 8.14. The van der Waals surface area contributed by atoms with E-state index in [9.17, 15) is 9.18 Å². The summed E-state index contributed by atoms with van der Waals surface area (Å²) in [5, 5.41) is 9.72. The molecule has 248 valence electrons. The molecule has 0 atom stereocenters. The zero-order valence-electron chi connectivity index (χ0n) is 26.9. The van der Waals surface area contributed by atoms with Crippen molar-refractivity contribution in [3.8, 4) is 11.5 Å². The van der Waals surface area contributed by atoms with Gasteiger partial charge in [0.1, 0.15) is 23.8 Å². The maximum absolute atomic E-state index is 13.2. The average molecular weight is 651 g/mol. The molecule has 1 aliphatic rings. The van der Waals surface area contributed by atoms with Crippen LogP contribution in [-0.4, -0.2) is 72.3 Å². The highest BCUT2D eigenvalue weighted by molar-refractivity contribution is 5.99. The number of aromatic nitrogens is 3. The van der Waals surface area contributed by atoms with Gasteiger partial charge in [-0.2, -0.15) is 0 Å². The molecule has 0 aliphatic carbocycles. The van der Waals surface area contributed by atoms with E-state index < -0.39 is 6.03 Å². The number of hydrogen-bond donors (Lipinski definition) is 3. The first kappa shape index (κ1) is 32.5. The normalized spacial score (nSPS) is 13.2. The van der Waals surface area contributed by atoms with E-state index in [0.717, 1.165) is 67.8 Å². The van der Waals surface area contributed by atoms with E-state index in [-0.39, 0.29) is 5.82 Å². The molecule has 3 heterocycles. The summed E-state index contributed by atoms with van der Waals surface area (Å²) in [6.07, 6.45) is 5.32. The number of pyridine rings is 1. The van der Waals surface area contributed by atoms with E-state index in [0.29, 0.717) is 41.8 Å². The Hall–Kier alpha value is -5.49. The lowest BCUT2D eigenvalue weighted by Crippen LogP contribution is -2.46. The molecule has 5 aromatic rings. The summed E-state index contributed by atoms with van der Waals surface area (Å²) in [5.41, 5.74) is 2.78. The molecular weight excluding hydrogens is 611 g/mol. The maximum Gasteiger partial charge on any atom is 0.323 e. The summed E-state index contributed by atoms with van der Waals surface area (Å²) in [7, 11) is 1.62. The van der Waals surface area contributed by atoms with Crippen LogP contribution in [0, 0.1) is 5.82 Å². The molecule has 11 nitrogen and oxygen atoms in total. The number of carbonyl (C=O) groups is 1. The largest absolute Gasteiger partial charge is 0.493 e. The molecule has 0 saturated carbocycles. The third-order valence-electron chi connectivity index (χ3n) is 8.14. The van der Waals surface area contributed by atoms with Gasteiger partial charge in [0.15, 0.2) is 11.5 Å². The Morgan fingerprint density at radius 2 is 1.69 bits per heavy atom. The Bertz CT molecular complexity index is 1800. The van der Waals surface area contributed by atoms with Crippen molar-refractivity contribution in [3.63, 3.8) is 0 Å². The monoisotopic (exact) mass is 650 g/mol. The molecule has 12 heteroatoms. The zero-order valence-corrected chi connectivity index (χ0v) is 26.9. The number of nitrogens with one attached hydrogen (secondary N) is 3. The van der Waals surface area contributed by atoms with Crippen molar-refractivity contribution in [2.24, 2.45) is 0 Å². The Labute approximate surface area is 279 Å². The first-order valence-corrected chi connectivity index (χ1v) is 16.0. The van der Waals surface area contributed by atoms with Gasteiger partial charge in [0, 0.05) is 61.7 Å². The second-order valence-electron chi connectivity index (χ2n) is 11.5. The second kappa shape index (κ2) is 15.9. The van der Waals surface area contributed by atoms with Crippen molar-refractivity contribution in [3.05, 3.63) is 103 Å². The summed E-state index contributed by atoms with van der Waals surface area (Å²) in [6, 6.07) is 22.5. The number of halogens is 1. The minimum atomic E-state index is -0.422. The summed E-state index contributed by atoms with van der Waals surface area (Å²) >= 11 is 0. The van der Waals surface area contributed by atoms with Crippen molar-refractivity contribution in [1.82, 2.24) is 19.9 Å². The van der Waals surface area contributed by atoms with Gasteiger partial charge in [-0.15, -0.1) is 0 Å². The van der Waals surface area contributed by atoms with E-state index in [1.54, 1.807) is 13.2 Å². The highest BCUT2D eigenvalue weighted by atomic mass is 19.1. The quantitative estimate of drug-likeness (QED) is 0.124. The molecule has 6 rings (SSSR count). The molecule has 1 aliphatic heterocycles. The van der Waals surface area contributed by atoms with Crippen LogP contribution in [0.15, 0.2) is 91.4 Å². The SMILES string of the molecule is COc1cc2ncnc(NCc3cccc(NC(=O)Nc4ccc(F)cc4)c3)c2cc1OCCCCN1CCN(c2ccccn2)CC1. The number of piperazine rings is 1. The highest BCUT2D eigenvalue weighted by Gasteiger charge is 2.17. The van der Waals surface area contributed by atoms with Gasteiger partial charge in [-0.05, 0) is 79.5 Å². The lowest BCUT2D eigenvalue weighted by Gasteiger charge is -2.35. The number of anilines is 4. The van der Waals surface area contributed by atoms with E-state index in [1.165, 1.54) is 30.6 Å². The smallest absolute Gasteiger partial charge is 0.323 e. The number of nitrogens with zero attached hydrogens (tertiary/aromatic N) is 5. The topological polar surface area (TPSA) is 117 Å². The fourth-order valence-electron chi connectivity index (χ4n) is 5.61. The molecule has 2 amide bonds. The van der Waals surface area contributed by atoms with Crippen LogP contribution in [0.1, 0.15) is 18.4 Å². The minimum absolute atomic E-state index is 0.366. The van der Waals surface area contributed by atoms with Crippen molar-refractivity contribution in [1.29, 1.82) is 0 Å².